The fourth-order valence-corrected chi connectivity index (χ4v) is 2.27. The van der Waals surface area contributed by atoms with Crippen LogP contribution < -0.4 is 0 Å². The Balaban J connectivity index is 2.03. The van der Waals surface area contributed by atoms with Crippen LogP contribution in [-0.2, 0) is 0 Å². The Morgan fingerprint density at radius 3 is 1.67 bits per heavy atom. The summed E-state index contributed by atoms with van der Waals surface area (Å²) in [5.41, 5.74) is 0. The van der Waals surface area contributed by atoms with Crippen molar-refractivity contribution in [3.63, 3.8) is 0 Å². The molecule has 0 heteroatoms. The van der Waals surface area contributed by atoms with Crippen molar-refractivity contribution in [1.29, 1.82) is 0 Å². The Hall–Kier alpha value is 0. The van der Waals surface area contributed by atoms with Crippen molar-refractivity contribution in [2.45, 2.75) is 38.5 Å². The molecule has 0 amide bonds. The van der Waals surface area contributed by atoms with Crippen molar-refractivity contribution >= 4 is 0 Å². The van der Waals surface area contributed by atoms with E-state index >= 15 is 0 Å². The van der Waals surface area contributed by atoms with Crippen LogP contribution in [0.3, 0.4) is 0 Å². The van der Waals surface area contributed by atoms with Crippen LogP contribution >= 0.6 is 0 Å². The lowest BCUT2D eigenvalue weighted by Gasteiger charge is -2.22. The standard InChI is InChI=1S/C9H15/c1-2-8-4-6-9(3-1)7-5-8/h1,8-9H,2-7H2. The van der Waals surface area contributed by atoms with Gasteiger partial charge in [-0.25, -0.2) is 0 Å². The highest BCUT2D eigenvalue weighted by atomic mass is 14.3. The molecule has 3 aliphatic rings. The van der Waals surface area contributed by atoms with Gasteiger partial charge in [-0.1, -0.05) is 25.7 Å². The first-order chi connectivity index (χ1) is 4.45. The van der Waals surface area contributed by atoms with Gasteiger partial charge in [-0.15, -0.1) is 0 Å². The fourth-order valence-electron chi connectivity index (χ4n) is 2.27. The summed E-state index contributed by atoms with van der Waals surface area (Å²) in [7, 11) is 0. The third-order valence-corrected chi connectivity index (χ3v) is 2.97. The van der Waals surface area contributed by atoms with Gasteiger partial charge in [-0.3, -0.25) is 0 Å². The smallest absolute Gasteiger partial charge is 0.0380 e. The zero-order chi connectivity index (χ0) is 6.10. The zero-order valence-electron chi connectivity index (χ0n) is 5.97. The maximum absolute atomic E-state index is 2.52. The van der Waals surface area contributed by atoms with E-state index in [1.807, 2.05) is 0 Å². The molecule has 2 bridgehead atoms. The minimum atomic E-state index is 1.09. The molecule has 51 valence electrons. The van der Waals surface area contributed by atoms with Gasteiger partial charge in [0.2, 0.25) is 0 Å². The lowest BCUT2D eigenvalue weighted by molar-refractivity contribution is 0.308. The van der Waals surface area contributed by atoms with Crippen molar-refractivity contribution in [2.24, 2.45) is 11.8 Å². The van der Waals surface area contributed by atoms with E-state index in [0.29, 0.717) is 0 Å². The molecular weight excluding hydrogens is 108 g/mol. The van der Waals surface area contributed by atoms with Gasteiger partial charge in [0.15, 0.2) is 0 Å². The maximum atomic E-state index is 2.52. The molecule has 3 rings (SSSR count). The summed E-state index contributed by atoms with van der Waals surface area (Å²) >= 11 is 0. The lowest BCUT2D eigenvalue weighted by atomic mass is 9.84. The number of fused-ring (bicyclic) bond motifs is 4. The van der Waals surface area contributed by atoms with Crippen LogP contribution in [0.25, 0.3) is 0 Å². The van der Waals surface area contributed by atoms with E-state index in [2.05, 4.69) is 6.42 Å². The zero-order valence-corrected chi connectivity index (χ0v) is 5.97. The van der Waals surface area contributed by atoms with Crippen molar-refractivity contribution in [3.8, 4) is 0 Å². The highest BCUT2D eigenvalue weighted by molar-refractivity contribution is 4.85. The SMILES string of the molecule is [CH]1CC2CCC(C1)CC2. The third-order valence-electron chi connectivity index (χ3n) is 2.97. The quantitative estimate of drug-likeness (QED) is 0.464. The predicted molar refractivity (Wildman–Crippen MR) is 39.0 cm³/mol. The molecule has 9 heavy (non-hydrogen) atoms. The third kappa shape index (κ3) is 1.12. The summed E-state index contributed by atoms with van der Waals surface area (Å²) in [6.07, 6.45) is 11.5. The Morgan fingerprint density at radius 1 is 0.778 bits per heavy atom. The average Bonchev–Trinajstić information content (AvgIpc) is 2.21. The maximum Gasteiger partial charge on any atom is -0.0380 e. The second-order valence-corrected chi connectivity index (χ2v) is 3.65. The van der Waals surface area contributed by atoms with Gasteiger partial charge >= 0.3 is 0 Å². The van der Waals surface area contributed by atoms with Crippen molar-refractivity contribution in [1.82, 2.24) is 0 Å². The van der Waals surface area contributed by atoms with Crippen LogP contribution in [-0.4, -0.2) is 0 Å². The minimum Gasteiger partial charge on any atom is -0.0502 e. The molecule has 3 saturated carbocycles. The van der Waals surface area contributed by atoms with Gasteiger partial charge in [0.05, 0.1) is 0 Å². The van der Waals surface area contributed by atoms with E-state index in [1.54, 1.807) is 0 Å². The van der Waals surface area contributed by atoms with Gasteiger partial charge in [-0.2, -0.15) is 0 Å². The van der Waals surface area contributed by atoms with Crippen molar-refractivity contribution in [3.05, 3.63) is 6.42 Å². The van der Waals surface area contributed by atoms with Crippen molar-refractivity contribution < 1.29 is 0 Å². The first-order valence-electron chi connectivity index (χ1n) is 4.27. The lowest BCUT2D eigenvalue weighted by Crippen LogP contribution is -2.08. The highest BCUT2D eigenvalue weighted by Crippen LogP contribution is 2.38. The topological polar surface area (TPSA) is 0 Å². The molecule has 1 radical (unpaired) electrons. The highest BCUT2D eigenvalue weighted by Gasteiger charge is 2.24. The summed E-state index contributed by atoms with van der Waals surface area (Å²) in [5, 5.41) is 0. The van der Waals surface area contributed by atoms with Gasteiger partial charge in [0, 0.05) is 0 Å². The summed E-state index contributed by atoms with van der Waals surface area (Å²) < 4.78 is 0. The molecule has 0 spiro atoms. The molecule has 0 aromatic heterocycles. The number of hydrogen-bond donors (Lipinski definition) is 0. The normalized spacial score (nSPS) is 42.7. The minimum absolute atomic E-state index is 1.09. The van der Waals surface area contributed by atoms with Crippen LogP contribution in [0.15, 0.2) is 0 Å². The van der Waals surface area contributed by atoms with Crippen LogP contribution in [0.5, 0.6) is 0 Å². The van der Waals surface area contributed by atoms with Gasteiger partial charge < -0.3 is 0 Å². The first-order valence-corrected chi connectivity index (χ1v) is 4.27. The molecule has 0 atom stereocenters. The van der Waals surface area contributed by atoms with Crippen LogP contribution in [0.1, 0.15) is 38.5 Å². The predicted octanol–water partition coefficient (Wildman–Crippen LogP) is 2.79. The molecule has 0 aromatic carbocycles. The molecule has 0 heterocycles. The fraction of sp³-hybridized carbons (Fsp3) is 0.889. The van der Waals surface area contributed by atoms with E-state index in [1.165, 1.54) is 38.5 Å². The van der Waals surface area contributed by atoms with Crippen molar-refractivity contribution in [2.75, 3.05) is 0 Å². The van der Waals surface area contributed by atoms with Crippen LogP contribution in [0.2, 0.25) is 0 Å². The van der Waals surface area contributed by atoms with E-state index < -0.39 is 0 Å². The molecule has 0 nitrogen and oxygen atoms in total. The second kappa shape index (κ2) is 2.32. The van der Waals surface area contributed by atoms with E-state index in [9.17, 15) is 0 Å². The van der Waals surface area contributed by atoms with Crippen LogP contribution in [0, 0.1) is 18.3 Å². The second-order valence-electron chi connectivity index (χ2n) is 3.65. The molecule has 0 saturated heterocycles. The van der Waals surface area contributed by atoms with E-state index in [0.717, 1.165) is 11.8 Å². The molecular formula is C9H15. The largest absolute Gasteiger partial charge is 0.0502 e. The number of hydrogen-bond acceptors (Lipinski definition) is 0. The number of rotatable bonds is 0. The van der Waals surface area contributed by atoms with E-state index in [4.69, 9.17) is 0 Å². The van der Waals surface area contributed by atoms with Crippen LogP contribution in [0.4, 0.5) is 0 Å². The van der Waals surface area contributed by atoms with E-state index in [-0.39, 0.29) is 0 Å². The van der Waals surface area contributed by atoms with Gasteiger partial charge in [0.25, 0.3) is 0 Å². The molecule has 0 aliphatic heterocycles. The molecule has 0 N–H and O–H groups in total. The van der Waals surface area contributed by atoms with Gasteiger partial charge in [0.1, 0.15) is 0 Å². The molecule has 3 aliphatic carbocycles. The Morgan fingerprint density at radius 2 is 1.22 bits per heavy atom. The molecule has 0 unspecified atom stereocenters. The Kier molecular flexibility index (Phi) is 1.48. The Labute approximate surface area is 57.6 Å². The summed E-state index contributed by atoms with van der Waals surface area (Å²) in [6.45, 7) is 0. The summed E-state index contributed by atoms with van der Waals surface area (Å²) in [6, 6.07) is 0. The first kappa shape index (κ1) is 5.76. The summed E-state index contributed by atoms with van der Waals surface area (Å²) in [4.78, 5) is 0. The monoisotopic (exact) mass is 123 g/mol. The molecule has 3 fully saturated rings. The Bertz CT molecular complexity index is 70.7. The molecule has 0 aromatic rings. The summed E-state index contributed by atoms with van der Waals surface area (Å²) in [5.74, 6) is 2.17. The average molecular weight is 123 g/mol. The van der Waals surface area contributed by atoms with Gasteiger partial charge in [-0.05, 0) is 31.1 Å².